The molecule has 1 saturated heterocycles. The smallest absolute Gasteiger partial charge is 0.326 e. The Morgan fingerprint density at radius 1 is 1.27 bits per heavy atom. The highest BCUT2D eigenvalue weighted by Crippen LogP contribution is 2.44. The van der Waals surface area contributed by atoms with Crippen molar-refractivity contribution in [3.8, 4) is 0 Å². The van der Waals surface area contributed by atoms with Gasteiger partial charge in [-0.2, -0.15) is 13.2 Å². The second-order valence-electron chi connectivity index (χ2n) is 6.63. The van der Waals surface area contributed by atoms with Crippen molar-refractivity contribution in [1.29, 1.82) is 0 Å². The number of hydrogen-bond donors (Lipinski definition) is 0. The Hall–Kier alpha value is -1.17. The van der Waals surface area contributed by atoms with E-state index in [1.165, 1.54) is 23.9 Å². The molecule has 122 valence electrons. The fourth-order valence-corrected chi connectivity index (χ4v) is 3.82. The predicted molar refractivity (Wildman–Crippen MR) is 82.4 cm³/mol. The van der Waals surface area contributed by atoms with Gasteiger partial charge in [-0.1, -0.05) is 39.0 Å². The molecule has 0 aromatic heterocycles. The van der Waals surface area contributed by atoms with Crippen LogP contribution in [0.15, 0.2) is 24.3 Å². The minimum atomic E-state index is -4.40. The summed E-state index contributed by atoms with van der Waals surface area (Å²) in [5, 5.41) is -0.548. The van der Waals surface area contributed by atoms with Crippen molar-refractivity contribution < 1.29 is 18.0 Å². The minimum Gasteiger partial charge on any atom is -0.326 e. The number of carbonyl (C=O) groups is 1. The van der Waals surface area contributed by atoms with E-state index in [0.29, 0.717) is 18.7 Å². The third kappa shape index (κ3) is 3.97. The first-order valence-corrected chi connectivity index (χ1v) is 8.22. The Morgan fingerprint density at radius 3 is 2.50 bits per heavy atom. The fourth-order valence-electron chi connectivity index (χ4n) is 2.51. The molecule has 1 heterocycles. The normalized spacial score (nSPS) is 19.5. The lowest BCUT2D eigenvalue weighted by atomic mass is 9.91. The molecule has 1 fully saturated rings. The molecule has 0 aliphatic carbocycles. The van der Waals surface area contributed by atoms with E-state index < -0.39 is 17.1 Å². The van der Waals surface area contributed by atoms with E-state index in [4.69, 9.17) is 0 Å². The van der Waals surface area contributed by atoms with Gasteiger partial charge in [-0.25, -0.2) is 0 Å². The summed E-state index contributed by atoms with van der Waals surface area (Å²) in [5.74, 6) is 0.576. The third-order valence-electron chi connectivity index (χ3n) is 3.43. The largest absolute Gasteiger partial charge is 0.416 e. The molecule has 6 heteroatoms. The maximum absolute atomic E-state index is 13.2. The number of nitrogens with zero attached hydrogens (tertiary/aromatic N) is 1. The van der Waals surface area contributed by atoms with Crippen molar-refractivity contribution in [2.24, 2.45) is 5.41 Å². The summed E-state index contributed by atoms with van der Waals surface area (Å²) in [6.07, 6.45) is -4.07. The minimum absolute atomic E-state index is 0.0838. The zero-order valence-corrected chi connectivity index (χ0v) is 13.7. The number of carbonyl (C=O) groups excluding carboxylic acids is 1. The quantitative estimate of drug-likeness (QED) is 0.782. The SMILES string of the molecule is CC(C)(C)CC(=O)N1CCS[C@@H]1c1ccccc1C(F)(F)F. The molecule has 0 spiro atoms. The highest BCUT2D eigenvalue weighted by atomic mass is 32.2. The molecule has 2 rings (SSSR count). The average Bonchev–Trinajstić information content (AvgIpc) is 2.84. The molecule has 0 bridgehead atoms. The van der Waals surface area contributed by atoms with Gasteiger partial charge >= 0.3 is 6.18 Å². The summed E-state index contributed by atoms with van der Waals surface area (Å²) in [7, 11) is 0. The Labute approximate surface area is 133 Å². The molecule has 22 heavy (non-hydrogen) atoms. The molecule has 1 aromatic rings. The number of benzene rings is 1. The van der Waals surface area contributed by atoms with Crippen LogP contribution in [-0.4, -0.2) is 23.1 Å². The van der Waals surface area contributed by atoms with E-state index in [0.717, 1.165) is 6.07 Å². The number of alkyl halides is 3. The van der Waals surface area contributed by atoms with Crippen LogP contribution in [0.5, 0.6) is 0 Å². The second kappa shape index (κ2) is 6.14. The highest BCUT2D eigenvalue weighted by Gasteiger charge is 2.39. The van der Waals surface area contributed by atoms with Crippen molar-refractivity contribution in [3.05, 3.63) is 35.4 Å². The average molecular weight is 331 g/mol. The van der Waals surface area contributed by atoms with Crippen LogP contribution in [0.3, 0.4) is 0 Å². The van der Waals surface area contributed by atoms with Gasteiger partial charge in [0.1, 0.15) is 5.37 Å². The molecule has 0 N–H and O–H groups in total. The van der Waals surface area contributed by atoms with Gasteiger partial charge in [0, 0.05) is 18.7 Å². The van der Waals surface area contributed by atoms with Gasteiger partial charge in [0.25, 0.3) is 0 Å². The lowest BCUT2D eigenvalue weighted by Gasteiger charge is -2.29. The molecular formula is C16H20F3NOS. The highest BCUT2D eigenvalue weighted by molar-refractivity contribution is 7.99. The van der Waals surface area contributed by atoms with Crippen molar-refractivity contribution in [2.45, 2.75) is 38.7 Å². The van der Waals surface area contributed by atoms with E-state index in [1.807, 2.05) is 20.8 Å². The monoisotopic (exact) mass is 331 g/mol. The van der Waals surface area contributed by atoms with E-state index in [1.54, 1.807) is 11.0 Å². The topological polar surface area (TPSA) is 20.3 Å². The van der Waals surface area contributed by atoms with Crippen LogP contribution in [0.2, 0.25) is 0 Å². The molecule has 1 aliphatic rings. The Balaban J connectivity index is 2.30. The first-order chi connectivity index (χ1) is 10.1. The standard InChI is InChI=1S/C16H20F3NOS/c1-15(2,3)10-13(21)20-8-9-22-14(20)11-6-4-5-7-12(11)16(17,18)19/h4-7,14H,8-10H2,1-3H3/t14-/m1/s1. The van der Waals surface area contributed by atoms with Crippen LogP contribution in [-0.2, 0) is 11.0 Å². The van der Waals surface area contributed by atoms with Gasteiger partial charge in [-0.15, -0.1) is 11.8 Å². The number of amides is 1. The first kappa shape index (κ1) is 17.2. The van der Waals surface area contributed by atoms with Gasteiger partial charge in [-0.3, -0.25) is 4.79 Å². The summed E-state index contributed by atoms with van der Waals surface area (Å²) in [6.45, 7) is 6.35. The molecule has 1 aliphatic heterocycles. The maximum Gasteiger partial charge on any atom is 0.416 e. The van der Waals surface area contributed by atoms with Crippen molar-refractivity contribution >= 4 is 17.7 Å². The Morgan fingerprint density at radius 2 is 1.91 bits per heavy atom. The van der Waals surface area contributed by atoms with Crippen LogP contribution in [0.1, 0.15) is 43.7 Å². The molecule has 2 nitrogen and oxygen atoms in total. The van der Waals surface area contributed by atoms with Gasteiger partial charge < -0.3 is 4.90 Å². The molecule has 1 amide bonds. The van der Waals surface area contributed by atoms with Gasteiger partial charge in [0.05, 0.1) is 5.56 Å². The summed E-state index contributed by atoms with van der Waals surface area (Å²) in [4.78, 5) is 14.0. The molecule has 0 saturated carbocycles. The lowest BCUT2D eigenvalue weighted by Crippen LogP contribution is -2.33. The van der Waals surface area contributed by atoms with Crippen molar-refractivity contribution in [1.82, 2.24) is 4.90 Å². The van der Waals surface area contributed by atoms with Crippen LogP contribution in [0, 0.1) is 5.41 Å². The summed E-state index contributed by atoms with van der Waals surface area (Å²) in [6, 6.07) is 5.53. The van der Waals surface area contributed by atoms with Crippen LogP contribution >= 0.6 is 11.8 Å². The predicted octanol–water partition coefficient (Wildman–Crippen LogP) is 4.72. The zero-order valence-electron chi connectivity index (χ0n) is 12.9. The van der Waals surface area contributed by atoms with Gasteiger partial charge in [0.15, 0.2) is 0 Å². The number of hydrogen-bond acceptors (Lipinski definition) is 2. The molecule has 1 aromatic carbocycles. The molecule has 1 atom stereocenters. The van der Waals surface area contributed by atoms with Gasteiger partial charge in [-0.05, 0) is 17.0 Å². The van der Waals surface area contributed by atoms with E-state index >= 15 is 0 Å². The number of thioether (sulfide) groups is 1. The zero-order chi connectivity index (χ0) is 16.5. The number of rotatable bonds is 2. The van der Waals surface area contributed by atoms with Gasteiger partial charge in [0.2, 0.25) is 5.91 Å². The summed E-state index contributed by atoms with van der Waals surface area (Å²) < 4.78 is 39.6. The van der Waals surface area contributed by atoms with E-state index in [9.17, 15) is 18.0 Å². The Kier molecular flexibility index (Phi) is 4.80. The van der Waals surface area contributed by atoms with Crippen molar-refractivity contribution in [2.75, 3.05) is 12.3 Å². The molecule has 0 unspecified atom stereocenters. The van der Waals surface area contributed by atoms with E-state index in [-0.39, 0.29) is 16.9 Å². The maximum atomic E-state index is 13.2. The van der Waals surface area contributed by atoms with Crippen LogP contribution in [0.25, 0.3) is 0 Å². The number of halogens is 3. The Bertz CT molecular complexity index is 551. The molecule has 0 radical (unpaired) electrons. The second-order valence-corrected chi connectivity index (χ2v) is 7.82. The van der Waals surface area contributed by atoms with E-state index in [2.05, 4.69) is 0 Å². The summed E-state index contributed by atoms with van der Waals surface area (Å²) >= 11 is 1.39. The van der Waals surface area contributed by atoms with Crippen molar-refractivity contribution in [3.63, 3.8) is 0 Å². The third-order valence-corrected chi connectivity index (χ3v) is 4.67. The summed E-state index contributed by atoms with van der Waals surface area (Å²) in [5.41, 5.74) is -0.652. The fraction of sp³-hybridized carbons (Fsp3) is 0.562. The lowest BCUT2D eigenvalue weighted by molar-refractivity contribution is -0.140. The van der Waals surface area contributed by atoms with Crippen LogP contribution < -0.4 is 0 Å². The van der Waals surface area contributed by atoms with Crippen LogP contribution in [0.4, 0.5) is 13.2 Å². The first-order valence-electron chi connectivity index (χ1n) is 7.17. The molecular weight excluding hydrogens is 311 g/mol.